The number of carbonyl (C=O) groups excluding carboxylic acids is 5. The van der Waals surface area contributed by atoms with E-state index in [-0.39, 0.29) is 54.1 Å². The lowest BCUT2D eigenvalue weighted by Gasteiger charge is -2.33. The van der Waals surface area contributed by atoms with Gasteiger partial charge in [0.15, 0.2) is 11.6 Å². The van der Waals surface area contributed by atoms with E-state index in [1.165, 1.54) is 4.90 Å². The van der Waals surface area contributed by atoms with Crippen LogP contribution in [0.25, 0.3) is 0 Å². The molecule has 2 heterocycles. The summed E-state index contributed by atoms with van der Waals surface area (Å²) in [5.74, 6) is -1.54. The Bertz CT molecular complexity index is 1260. The number of hydrogen-bond donors (Lipinski definition) is 2. The fourth-order valence-electron chi connectivity index (χ4n) is 8.03. The topological polar surface area (TPSA) is 124 Å². The van der Waals surface area contributed by atoms with E-state index in [4.69, 9.17) is 0 Å². The summed E-state index contributed by atoms with van der Waals surface area (Å²) in [5.41, 5.74) is 0.628. The zero-order valence-electron chi connectivity index (χ0n) is 29.2. The molecule has 3 fully saturated rings. The predicted octanol–water partition coefficient (Wildman–Crippen LogP) is 5.25. The minimum absolute atomic E-state index is 0.0119. The standard InChI is InChI=1S/C38H57N3O6/c1-25-17-13-10-8-6-7-9-11-14-20-27(23-30(43)34-32-28(38(32,2)3)24-41(34)36(25)46)35(45)29(42)21-22-31(44)39-33(37(47)40(4)5)26-18-15-12-16-19-26/h12,15-16,18-19,25,27-28,32-35,45H,6-11,13-14,17,20-24H2,1-5H3,(H,39,44)/t25-,27+,28-,32-,33-,34+,35?/m0/s1. The molecule has 4 rings (SSSR count). The maximum atomic E-state index is 14.1. The normalized spacial score (nSPS) is 28.3. The van der Waals surface area contributed by atoms with E-state index in [1.807, 2.05) is 17.9 Å². The van der Waals surface area contributed by atoms with Gasteiger partial charge >= 0.3 is 0 Å². The molecular formula is C38H57N3O6. The Morgan fingerprint density at radius 3 is 2.15 bits per heavy atom. The fourth-order valence-corrected chi connectivity index (χ4v) is 8.03. The number of benzene rings is 1. The quantitative estimate of drug-likeness (QED) is 0.396. The number of nitrogens with zero attached hydrogens (tertiary/aromatic N) is 2. The number of carbonyl (C=O) groups is 5. The molecule has 3 amide bonds. The van der Waals surface area contributed by atoms with Crippen LogP contribution in [0, 0.1) is 29.1 Å². The summed E-state index contributed by atoms with van der Waals surface area (Å²) in [6, 6.07) is 7.54. The summed E-state index contributed by atoms with van der Waals surface area (Å²) in [6.07, 6.45) is 8.06. The summed E-state index contributed by atoms with van der Waals surface area (Å²) in [6.45, 7) is 6.91. The van der Waals surface area contributed by atoms with Gasteiger partial charge in [0.1, 0.15) is 12.1 Å². The lowest BCUT2D eigenvalue weighted by molar-refractivity contribution is -0.143. The van der Waals surface area contributed by atoms with Gasteiger partial charge in [-0.15, -0.1) is 0 Å². The van der Waals surface area contributed by atoms with Crippen molar-refractivity contribution in [3.63, 3.8) is 0 Å². The minimum Gasteiger partial charge on any atom is -0.385 e. The third-order valence-electron chi connectivity index (χ3n) is 11.2. The number of nitrogens with one attached hydrogen (secondary N) is 1. The average Bonchev–Trinajstić information content (AvgIpc) is 3.35. The van der Waals surface area contributed by atoms with Crippen LogP contribution in [0.5, 0.6) is 0 Å². The molecule has 0 bridgehead atoms. The molecule has 2 N–H and O–H groups in total. The van der Waals surface area contributed by atoms with Gasteiger partial charge < -0.3 is 20.2 Å². The summed E-state index contributed by atoms with van der Waals surface area (Å²) < 4.78 is 0. The van der Waals surface area contributed by atoms with E-state index in [2.05, 4.69) is 19.2 Å². The van der Waals surface area contributed by atoms with Crippen molar-refractivity contribution in [1.29, 1.82) is 0 Å². The monoisotopic (exact) mass is 651 g/mol. The van der Waals surface area contributed by atoms with Crippen molar-refractivity contribution in [1.82, 2.24) is 15.1 Å². The molecule has 47 heavy (non-hydrogen) atoms. The molecule has 1 aromatic rings. The number of amides is 3. The second kappa shape index (κ2) is 16.4. The molecule has 2 aliphatic heterocycles. The van der Waals surface area contributed by atoms with Crippen LogP contribution in [-0.4, -0.2) is 77.0 Å². The molecule has 1 aromatic carbocycles. The molecule has 7 atom stereocenters. The fraction of sp³-hybridized carbons (Fsp3) is 0.711. The molecular weight excluding hydrogens is 594 g/mol. The van der Waals surface area contributed by atoms with Crippen LogP contribution >= 0.6 is 0 Å². The first-order valence-corrected chi connectivity index (χ1v) is 17.9. The number of ketones is 2. The van der Waals surface area contributed by atoms with Crippen molar-refractivity contribution in [3.05, 3.63) is 35.9 Å². The number of rotatable bonds is 8. The third kappa shape index (κ3) is 9.09. The van der Waals surface area contributed by atoms with Crippen LogP contribution in [0.3, 0.4) is 0 Å². The first-order chi connectivity index (χ1) is 22.3. The summed E-state index contributed by atoms with van der Waals surface area (Å²) in [7, 11) is 3.24. The largest absolute Gasteiger partial charge is 0.385 e. The smallest absolute Gasteiger partial charge is 0.249 e. The number of aliphatic hydroxyl groups is 1. The van der Waals surface area contributed by atoms with Gasteiger partial charge in [0.05, 0.1) is 6.04 Å². The Balaban J connectivity index is 1.44. The molecule has 1 saturated carbocycles. The average molecular weight is 652 g/mol. The number of fused-ring (bicyclic) bond motifs is 3. The molecule has 1 aliphatic carbocycles. The first-order valence-electron chi connectivity index (χ1n) is 17.9. The Morgan fingerprint density at radius 2 is 1.53 bits per heavy atom. The molecule has 1 unspecified atom stereocenters. The zero-order valence-corrected chi connectivity index (χ0v) is 29.2. The van der Waals surface area contributed by atoms with E-state index in [9.17, 15) is 29.1 Å². The van der Waals surface area contributed by atoms with Crippen LogP contribution in [0.2, 0.25) is 0 Å². The van der Waals surface area contributed by atoms with Gasteiger partial charge in [-0.25, -0.2) is 0 Å². The maximum Gasteiger partial charge on any atom is 0.249 e. The lowest BCUT2D eigenvalue weighted by Crippen LogP contribution is -2.48. The lowest BCUT2D eigenvalue weighted by atomic mass is 9.84. The Morgan fingerprint density at radius 1 is 0.936 bits per heavy atom. The molecule has 3 aliphatic rings. The molecule has 260 valence electrons. The van der Waals surface area contributed by atoms with E-state index in [0.717, 1.165) is 57.8 Å². The SMILES string of the molecule is C[C@H]1CCCCCCCCCC[C@@H](C(O)C(=O)CCC(=O)N[C@H](C(=O)N(C)C)c2ccccc2)CC(=O)[C@@H]2[C@@H]3[C@H](CN2C1=O)C3(C)C. The van der Waals surface area contributed by atoms with Crippen molar-refractivity contribution < 1.29 is 29.1 Å². The molecule has 2 saturated heterocycles. The summed E-state index contributed by atoms with van der Waals surface area (Å²) >= 11 is 0. The number of likely N-dealkylation sites (N-methyl/N-ethyl adjacent to an activating group) is 1. The first kappa shape index (κ1) is 36.8. The molecule has 0 spiro atoms. The van der Waals surface area contributed by atoms with E-state index in [1.54, 1.807) is 38.4 Å². The van der Waals surface area contributed by atoms with E-state index < -0.39 is 35.8 Å². The van der Waals surface area contributed by atoms with Crippen LogP contribution in [-0.2, 0) is 24.0 Å². The Kier molecular flexibility index (Phi) is 12.8. The van der Waals surface area contributed by atoms with Crippen molar-refractivity contribution in [2.24, 2.45) is 29.1 Å². The van der Waals surface area contributed by atoms with Crippen molar-refractivity contribution in [2.45, 2.75) is 122 Å². The summed E-state index contributed by atoms with van der Waals surface area (Å²) in [4.78, 5) is 70.1. The van der Waals surface area contributed by atoms with E-state index in [0.29, 0.717) is 24.4 Å². The molecule has 0 aromatic heterocycles. The third-order valence-corrected chi connectivity index (χ3v) is 11.2. The highest BCUT2D eigenvalue weighted by atomic mass is 16.3. The number of piperidine rings is 1. The van der Waals surface area contributed by atoms with Gasteiger partial charge in [-0.3, -0.25) is 24.0 Å². The molecule has 9 nitrogen and oxygen atoms in total. The second-order valence-electron chi connectivity index (χ2n) is 15.2. The van der Waals surface area contributed by atoms with Crippen LogP contribution in [0.15, 0.2) is 30.3 Å². The van der Waals surface area contributed by atoms with Crippen molar-refractivity contribution in [3.8, 4) is 0 Å². The van der Waals surface area contributed by atoms with Gasteiger partial charge in [0, 0.05) is 45.8 Å². The Labute approximate surface area is 281 Å². The van der Waals surface area contributed by atoms with Gasteiger partial charge in [0.2, 0.25) is 17.7 Å². The van der Waals surface area contributed by atoms with E-state index >= 15 is 0 Å². The van der Waals surface area contributed by atoms with Gasteiger partial charge in [0.25, 0.3) is 0 Å². The van der Waals surface area contributed by atoms with Gasteiger partial charge in [-0.2, -0.15) is 0 Å². The zero-order chi connectivity index (χ0) is 34.3. The minimum atomic E-state index is -1.38. The van der Waals surface area contributed by atoms with Gasteiger partial charge in [-0.05, 0) is 41.6 Å². The second-order valence-corrected chi connectivity index (χ2v) is 15.2. The highest BCUT2D eigenvalue weighted by molar-refractivity contribution is 5.93. The number of Topliss-reactive ketones (excluding diaryl/α,β-unsaturated/α-hetero) is 2. The highest BCUT2D eigenvalue weighted by Gasteiger charge is 2.69. The Hall–Kier alpha value is -3.07. The number of aliphatic hydroxyl groups excluding tert-OH is 1. The molecule has 9 heteroatoms. The predicted molar refractivity (Wildman–Crippen MR) is 181 cm³/mol. The number of hydrogen-bond acceptors (Lipinski definition) is 6. The van der Waals surface area contributed by atoms with Crippen molar-refractivity contribution >= 4 is 29.3 Å². The highest BCUT2D eigenvalue weighted by Crippen LogP contribution is 2.65. The van der Waals surface area contributed by atoms with Crippen LogP contribution < -0.4 is 5.32 Å². The van der Waals surface area contributed by atoms with Crippen LogP contribution in [0.4, 0.5) is 0 Å². The van der Waals surface area contributed by atoms with Crippen LogP contribution in [0.1, 0.15) is 116 Å². The summed E-state index contributed by atoms with van der Waals surface area (Å²) in [5, 5.41) is 14.1. The van der Waals surface area contributed by atoms with Crippen molar-refractivity contribution in [2.75, 3.05) is 20.6 Å². The molecule has 0 radical (unpaired) electrons. The maximum absolute atomic E-state index is 14.1. The van der Waals surface area contributed by atoms with Gasteiger partial charge in [-0.1, -0.05) is 102 Å².